The number of likely N-dealkylation sites (N-methyl/N-ethyl adjacent to an activating group) is 1. The fourth-order valence-electron chi connectivity index (χ4n) is 2.47. The number of anilines is 1. The van der Waals surface area contributed by atoms with Gasteiger partial charge in [0.05, 0.1) is 18.7 Å². The zero-order valence-corrected chi connectivity index (χ0v) is 18.1. The smallest absolute Gasteiger partial charge is 0.253 e. The summed E-state index contributed by atoms with van der Waals surface area (Å²) in [6.07, 6.45) is 0. The normalized spacial score (nSPS) is 11.1. The van der Waals surface area contributed by atoms with Crippen LogP contribution in [-0.4, -0.2) is 38.6 Å². The van der Waals surface area contributed by atoms with E-state index in [-0.39, 0.29) is 36.8 Å². The first-order valence-electron chi connectivity index (χ1n) is 7.56. The molecule has 8 heteroatoms. The van der Waals surface area contributed by atoms with Gasteiger partial charge in [0, 0.05) is 16.7 Å². The van der Waals surface area contributed by atoms with Crippen molar-refractivity contribution in [3.63, 3.8) is 0 Å². The van der Waals surface area contributed by atoms with E-state index in [2.05, 4.69) is 26.1 Å². The van der Waals surface area contributed by atoms with Crippen molar-refractivity contribution in [3.8, 4) is 5.75 Å². The number of rotatable bonds is 6. The van der Waals surface area contributed by atoms with Gasteiger partial charge < -0.3 is 20.7 Å². The summed E-state index contributed by atoms with van der Waals surface area (Å²) in [5, 5.41) is 2.96. The Morgan fingerprint density at radius 2 is 1.92 bits per heavy atom. The first-order valence-corrected chi connectivity index (χ1v) is 8.35. The van der Waals surface area contributed by atoms with Crippen LogP contribution < -0.4 is 15.8 Å². The van der Waals surface area contributed by atoms with Crippen molar-refractivity contribution in [2.45, 2.75) is 6.04 Å². The predicted octanol–water partition coefficient (Wildman–Crippen LogP) is 3.92. The number of methoxy groups -OCH3 is 1. The minimum Gasteiger partial charge on any atom is -0.497 e. The van der Waals surface area contributed by atoms with Crippen LogP contribution in [0.15, 0.2) is 46.9 Å². The largest absolute Gasteiger partial charge is 0.497 e. The molecule has 1 amide bonds. The second kappa shape index (κ2) is 11.3. The lowest BCUT2D eigenvalue weighted by Crippen LogP contribution is -2.34. The van der Waals surface area contributed by atoms with Crippen LogP contribution in [0.5, 0.6) is 5.75 Å². The second-order valence-corrected chi connectivity index (χ2v) is 6.61. The molecule has 0 saturated heterocycles. The summed E-state index contributed by atoms with van der Waals surface area (Å²) in [5.74, 6) is 0.609. The van der Waals surface area contributed by atoms with Gasteiger partial charge in [-0.1, -0.05) is 28.1 Å². The Labute approximate surface area is 175 Å². The molecule has 26 heavy (non-hydrogen) atoms. The summed E-state index contributed by atoms with van der Waals surface area (Å²) in [4.78, 5) is 14.5. The van der Waals surface area contributed by atoms with E-state index < -0.39 is 0 Å². The molecular weight excluding hydrogens is 441 g/mol. The first kappa shape index (κ1) is 24.5. The number of nitrogens with two attached hydrogens (primary N) is 1. The summed E-state index contributed by atoms with van der Waals surface area (Å²) in [7, 11) is 5.59. The molecule has 0 aliphatic rings. The van der Waals surface area contributed by atoms with Crippen LogP contribution in [0.25, 0.3) is 0 Å². The molecule has 3 N–H and O–H groups in total. The van der Waals surface area contributed by atoms with E-state index >= 15 is 0 Å². The van der Waals surface area contributed by atoms with Gasteiger partial charge in [0.25, 0.3) is 5.91 Å². The third-order valence-corrected chi connectivity index (χ3v) is 4.31. The number of carbonyl (C=O) groups is 1. The Kier molecular flexibility index (Phi) is 10.6. The van der Waals surface area contributed by atoms with Gasteiger partial charge in [-0.05, 0) is 50.0 Å². The van der Waals surface area contributed by atoms with Crippen LogP contribution in [0.1, 0.15) is 22.0 Å². The Balaban J connectivity index is 0.00000312. The lowest BCUT2D eigenvalue weighted by molar-refractivity contribution is 0.0943. The van der Waals surface area contributed by atoms with E-state index in [0.717, 1.165) is 15.8 Å². The summed E-state index contributed by atoms with van der Waals surface area (Å²) < 4.78 is 6.13. The number of nitrogen functional groups attached to an aromatic ring is 1. The quantitative estimate of drug-likeness (QED) is 0.635. The Morgan fingerprint density at radius 3 is 2.50 bits per heavy atom. The van der Waals surface area contributed by atoms with E-state index in [0.29, 0.717) is 17.8 Å². The molecule has 0 radical (unpaired) electrons. The molecule has 0 aromatic heterocycles. The maximum Gasteiger partial charge on any atom is 0.253 e. The molecular formula is C18H24BrCl2N3O2. The molecule has 2 aromatic carbocycles. The molecule has 1 atom stereocenters. The monoisotopic (exact) mass is 463 g/mol. The minimum atomic E-state index is -0.185. The van der Waals surface area contributed by atoms with Gasteiger partial charge in [0.15, 0.2) is 0 Å². The van der Waals surface area contributed by atoms with Gasteiger partial charge in [-0.25, -0.2) is 0 Å². The number of carbonyl (C=O) groups excluding carboxylic acids is 1. The number of hydrogen-bond acceptors (Lipinski definition) is 4. The van der Waals surface area contributed by atoms with Crippen LogP contribution in [0.4, 0.5) is 5.69 Å². The standard InChI is InChI=1S/C18H22BrN3O2.2ClH/c1-22(2)17(12-5-4-6-14(9-12)24-3)11-21-18(23)15-8-7-13(19)10-16(15)20;;/h4-10,17H,11,20H2,1-3H3,(H,21,23);2*1H. The second-order valence-electron chi connectivity index (χ2n) is 5.70. The fourth-order valence-corrected chi connectivity index (χ4v) is 2.85. The lowest BCUT2D eigenvalue weighted by Gasteiger charge is -2.25. The van der Waals surface area contributed by atoms with Crippen molar-refractivity contribution in [2.24, 2.45) is 0 Å². The molecule has 2 aromatic rings. The summed E-state index contributed by atoms with van der Waals surface area (Å²) in [6, 6.07) is 13.1. The predicted molar refractivity (Wildman–Crippen MR) is 115 cm³/mol. The van der Waals surface area contributed by atoms with E-state index in [1.807, 2.05) is 38.4 Å². The summed E-state index contributed by atoms with van der Waals surface area (Å²) in [5.41, 5.74) is 7.91. The van der Waals surface area contributed by atoms with E-state index in [1.54, 1.807) is 25.3 Å². The molecule has 0 fully saturated rings. The highest BCUT2D eigenvalue weighted by atomic mass is 79.9. The molecule has 1 unspecified atom stereocenters. The SMILES string of the molecule is COc1cccc(C(CNC(=O)c2ccc(Br)cc2N)N(C)C)c1.Cl.Cl. The van der Waals surface area contributed by atoms with E-state index in [1.165, 1.54) is 0 Å². The number of hydrogen-bond donors (Lipinski definition) is 2. The van der Waals surface area contributed by atoms with Crippen molar-refractivity contribution in [1.29, 1.82) is 0 Å². The third-order valence-electron chi connectivity index (χ3n) is 3.82. The zero-order valence-electron chi connectivity index (χ0n) is 14.9. The number of amides is 1. The number of halogens is 3. The van der Waals surface area contributed by atoms with Gasteiger partial charge in [-0.2, -0.15) is 0 Å². The minimum absolute atomic E-state index is 0. The highest BCUT2D eigenvalue weighted by Gasteiger charge is 2.17. The molecule has 0 aliphatic carbocycles. The average Bonchev–Trinajstić information content (AvgIpc) is 2.54. The maximum atomic E-state index is 12.4. The van der Waals surface area contributed by atoms with Crippen LogP contribution in [0, 0.1) is 0 Å². The molecule has 5 nitrogen and oxygen atoms in total. The Bertz CT molecular complexity index is 729. The van der Waals surface area contributed by atoms with Gasteiger partial charge in [-0.15, -0.1) is 24.8 Å². The van der Waals surface area contributed by atoms with Crippen molar-refractivity contribution < 1.29 is 9.53 Å². The van der Waals surface area contributed by atoms with Crippen LogP contribution in [-0.2, 0) is 0 Å². The van der Waals surface area contributed by atoms with Crippen molar-refractivity contribution >= 4 is 52.3 Å². The Morgan fingerprint density at radius 1 is 1.23 bits per heavy atom. The third kappa shape index (κ3) is 6.36. The van der Waals surface area contributed by atoms with Gasteiger partial charge in [-0.3, -0.25) is 4.79 Å². The van der Waals surface area contributed by atoms with Crippen LogP contribution >= 0.6 is 40.7 Å². The molecule has 0 heterocycles. The molecule has 144 valence electrons. The lowest BCUT2D eigenvalue weighted by atomic mass is 10.1. The van der Waals surface area contributed by atoms with Crippen LogP contribution in [0.3, 0.4) is 0 Å². The summed E-state index contributed by atoms with van der Waals surface area (Å²) >= 11 is 3.34. The Hall–Kier alpha value is -1.47. The van der Waals surface area contributed by atoms with Crippen LogP contribution in [0.2, 0.25) is 0 Å². The maximum absolute atomic E-state index is 12.4. The van der Waals surface area contributed by atoms with E-state index in [4.69, 9.17) is 10.5 Å². The summed E-state index contributed by atoms with van der Waals surface area (Å²) in [6.45, 7) is 0.467. The van der Waals surface area contributed by atoms with Gasteiger partial charge in [0.2, 0.25) is 0 Å². The fraction of sp³-hybridized carbons (Fsp3) is 0.278. The molecule has 0 spiro atoms. The van der Waals surface area contributed by atoms with E-state index in [9.17, 15) is 4.79 Å². The number of nitrogens with one attached hydrogen (secondary N) is 1. The highest BCUT2D eigenvalue weighted by molar-refractivity contribution is 9.10. The highest BCUT2D eigenvalue weighted by Crippen LogP contribution is 2.23. The van der Waals surface area contributed by atoms with Crippen molar-refractivity contribution in [3.05, 3.63) is 58.1 Å². The number of benzene rings is 2. The molecule has 2 rings (SSSR count). The molecule has 0 saturated carbocycles. The average molecular weight is 465 g/mol. The topological polar surface area (TPSA) is 67.6 Å². The number of nitrogens with zero attached hydrogens (tertiary/aromatic N) is 1. The zero-order chi connectivity index (χ0) is 17.7. The van der Waals surface area contributed by atoms with Crippen molar-refractivity contribution in [1.82, 2.24) is 10.2 Å². The number of ether oxygens (including phenoxy) is 1. The first-order chi connectivity index (χ1) is 11.4. The molecule has 0 aliphatic heterocycles. The van der Waals surface area contributed by atoms with Gasteiger partial charge in [0.1, 0.15) is 5.75 Å². The van der Waals surface area contributed by atoms with Gasteiger partial charge >= 0.3 is 0 Å². The molecule has 0 bridgehead atoms. The van der Waals surface area contributed by atoms with Crippen molar-refractivity contribution in [2.75, 3.05) is 33.5 Å².